The second kappa shape index (κ2) is 6.98. The van der Waals surface area contributed by atoms with Crippen LogP contribution in [0.4, 0.5) is 14.6 Å². The highest BCUT2D eigenvalue weighted by atomic mass is 19.1. The molecule has 0 spiro atoms. The van der Waals surface area contributed by atoms with E-state index < -0.39 is 29.7 Å². The van der Waals surface area contributed by atoms with E-state index in [1.54, 1.807) is 6.20 Å². The van der Waals surface area contributed by atoms with Crippen LogP contribution in [0.2, 0.25) is 0 Å². The van der Waals surface area contributed by atoms with Crippen LogP contribution < -0.4 is 5.32 Å². The number of fused-ring (bicyclic) bond motifs is 5. The Hall–Kier alpha value is -3.56. The normalized spacial score (nSPS) is 24.9. The van der Waals surface area contributed by atoms with Crippen molar-refractivity contribution in [2.24, 2.45) is 17.8 Å². The number of aromatic amines is 1. The van der Waals surface area contributed by atoms with Crippen LogP contribution in [-0.2, 0) is 4.79 Å². The van der Waals surface area contributed by atoms with Gasteiger partial charge in [-0.05, 0) is 43.6 Å². The number of nitrogens with zero attached hydrogens (tertiary/aromatic N) is 4. The number of carboxylic acids is 1. The van der Waals surface area contributed by atoms with Crippen LogP contribution in [0.15, 0.2) is 31.0 Å². The highest BCUT2D eigenvalue weighted by molar-refractivity contribution is 5.96. The largest absolute Gasteiger partial charge is 0.481 e. The summed E-state index contributed by atoms with van der Waals surface area (Å²) in [7, 11) is 0. The van der Waals surface area contributed by atoms with Gasteiger partial charge in [0.1, 0.15) is 23.5 Å². The van der Waals surface area contributed by atoms with E-state index in [0.29, 0.717) is 27.8 Å². The smallest absolute Gasteiger partial charge is 0.308 e. The molecule has 2 atom stereocenters. The second-order valence-corrected chi connectivity index (χ2v) is 8.71. The van der Waals surface area contributed by atoms with E-state index in [4.69, 9.17) is 0 Å². The zero-order chi connectivity index (χ0) is 22.0. The average molecular weight is 438 g/mol. The van der Waals surface area contributed by atoms with Gasteiger partial charge in [0.15, 0.2) is 5.82 Å². The maximum Gasteiger partial charge on any atom is 0.308 e. The van der Waals surface area contributed by atoms with Crippen LogP contribution in [-0.4, -0.2) is 41.5 Å². The van der Waals surface area contributed by atoms with Gasteiger partial charge in [0.05, 0.1) is 23.8 Å². The summed E-state index contributed by atoms with van der Waals surface area (Å²) in [6.45, 7) is 0. The summed E-state index contributed by atoms with van der Waals surface area (Å²) in [6.07, 6.45) is 9.20. The van der Waals surface area contributed by atoms with E-state index in [1.807, 2.05) is 0 Å². The predicted molar refractivity (Wildman–Crippen MR) is 112 cm³/mol. The zero-order valence-electron chi connectivity index (χ0n) is 16.9. The van der Waals surface area contributed by atoms with Crippen LogP contribution in [0.25, 0.3) is 27.8 Å². The highest BCUT2D eigenvalue weighted by Gasteiger charge is 2.47. The molecule has 3 fully saturated rings. The maximum absolute atomic E-state index is 15.4. The molecule has 1 unspecified atom stereocenters. The van der Waals surface area contributed by atoms with Crippen molar-refractivity contribution in [3.05, 3.63) is 42.7 Å². The van der Waals surface area contributed by atoms with Crippen LogP contribution in [0.3, 0.4) is 0 Å². The fraction of sp³-hybridized carbons (Fsp3) is 0.364. The number of aromatic nitrogens is 5. The molecule has 0 aromatic carbocycles. The van der Waals surface area contributed by atoms with Crippen molar-refractivity contribution in [2.75, 3.05) is 5.32 Å². The number of carbonyl (C=O) groups is 1. The first-order valence-electron chi connectivity index (χ1n) is 10.6. The minimum absolute atomic E-state index is 0.0342. The molecule has 10 heteroatoms. The van der Waals surface area contributed by atoms with Crippen LogP contribution in [0.1, 0.15) is 25.7 Å². The minimum Gasteiger partial charge on any atom is -0.481 e. The Balaban J connectivity index is 1.49. The van der Waals surface area contributed by atoms with Crippen LogP contribution in [0, 0.1) is 29.5 Å². The van der Waals surface area contributed by atoms with Gasteiger partial charge in [0, 0.05) is 23.2 Å². The lowest BCUT2D eigenvalue weighted by Crippen LogP contribution is -2.51. The summed E-state index contributed by atoms with van der Waals surface area (Å²) in [6, 6.07) is 0.942. The van der Waals surface area contributed by atoms with Gasteiger partial charge in [0.2, 0.25) is 5.95 Å². The lowest BCUT2D eigenvalue weighted by Gasteiger charge is -2.47. The summed E-state index contributed by atoms with van der Waals surface area (Å²) < 4.78 is 30.5. The fourth-order valence-corrected chi connectivity index (χ4v) is 5.59. The third-order valence-corrected chi connectivity index (χ3v) is 7.07. The molecule has 32 heavy (non-hydrogen) atoms. The van der Waals surface area contributed by atoms with E-state index >= 15 is 4.39 Å². The quantitative estimate of drug-likeness (QED) is 0.447. The van der Waals surface area contributed by atoms with Gasteiger partial charge >= 0.3 is 5.97 Å². The first-order valence-corrected chi connectivity index (χ1v) is 10.6. The minimum atomic E-state index is -0.862. The van der Waals surface area contributed by atoms with E-state index in [0.717, 1.165) is 31.9 Å². The predicted octanol–water partition coefficient (Wildman–Crippen LogP) is 3.85. The molecule has 4 aromatic heterocycles. The number of imidazole rings is 1. The monoisotopic (exact) mass is 438 g/mol. The van der Waals surface area contributed by atoms with Gasteiger partial charge < -0.3 is 15.4 Å². The number of anilines is 1. The lowest BCUT2D eigenvalue weighted by molar-refractivity contribution is -0.148. The molecule has 0 amide bonds. The molecule has 0 saturated heterocycles. The fourth-order valence-electron chi connectivity index (χ4n) is 5.59. The molecule has 4 aromatic rings. The van der Waals surface area contributed by atoms with Crippen molar-refractivity contribution in [1.82, 2.24) is 24.3 Å². The Morgan fingerprint density at radius 2 is 1.97 bits per heavy atom. The Morgan fingerprint density at radius 1 is 1.19 bits per heavy atom. The van der Waals surface area contributed by atoms with Gasteiger partial charge in [-0.25, -0.2) is 19.3 Å². The molecule has 4 heterocycles. The second-order valence-electron chi connectivity index (χ2n) is 8.71. The van der Waals surface area contributed by atoms with Crippen molar-refractivity contribution in [2.45, 2.75) is 31.7 Å². The molecule has 3 saturated carbocycles. The van der Waals surface area contributed by atoms with Gasteiger partial charge in [-0.3, -0.25) is 9.20 Å². The molecule has 0 aliphatic heterocycles. The summed E-state index contributed by atoms with van der Waals surface area (Å²) in [5, 5.41) is 13.5. The first-order chi connectivity index (χ1) is 15.5. The summed E-state index contributed by atoms with van der Waals surface area (Å²) in [5.41, 5.74) is 1.85. The van der Waals surface area contributed by atoms with Gasteiger partial charge in [-0.1, -0.05) is 0 Å². The number of halogens is 2. The summed E-state index contributed by atoms with van der Waals surface area (Å²) >= 11 is 0. The summed E-state index contributed by atoms with van der Waals surface area (Å²) in [5.74, 6) is -2.39. The number of rotatable bonds is 4. The van der Waals surface area contributed by atoms with E-state index in [-0.39, 0.29) is 17.7 Å². The van der Waals surface area contributed by atoms with E-state index in [9.17, 15) is 14.3 Å². The van der Waals surface area contributed by atoms with Gasteiger partial charge in [-0.15, -0.1) is 0 Å². The number of carboxylic acid groups (broad SMARTS) is 1. The Morgan fingerprint density at radius 3 is 2.75 bits per heavy atom. The van der Waals surface area contributed by atoms with Crippen molar-refractivity contribution in [3.63, 3.8) is 0 Å². The SMILES string of the molecule is O=C(O)[C@H]1C2CCC(CC2)C1Nc1nc(-c2c[nH]c3ncc(F)cc23)c2cncn2c1F. The molecule has 164 valence electrons. The van der Waals surface area contributed by atoms with E-state index in [2.05, 4.69) is 25.3 Å². The maximum atomic E-state index is 15.4. The molecule has 7 rings (SSSR count). The van der Waals surface area contributed by atoms with Crippen LogP contribution in [0.5, 0.6) is 0 Å². The summed E-state index contributed by atoms with van der Waals surface area (Å²) in [4.78, 5) is 27.7. The standard InChI is InChI=1S/C22H20F2N6O2/c23-12-5-13-14(7-27-20(13)26-6-12)18-15-8-25-9-30(15)19(24)21(29-18)28-17-11-3-1-10(2-4-11)16(17)22(31)32/h5-11,16-17,28H,1-4H2,(H,26,27)(H,31,32)/t10?,11?,16-,17?/m0/s1. The Kier molecular flexibility index (Phi) is 4.17. The lowest BCUT2D eigenvalue weighted by atomic mass is 9.61. The molecule has 0 radical (unpaired) electrons. The Bertz CT molecular complexity index is 1360. The number of aliphatic carboxylic acids is 1. The molecule has 3 aliphatic carbocycles. The number of hydrogen-bond donors (Lipinski definition) is 3. The van der Waals surface area contributed by atoms with Crippen molar-refractivity contribution in [3.8, 4) is 11.3 Å². The number of hydrogen-bond acceptors (Lipinski definition) is 5. The molecule has 2 bridgehead atoms. The third-order valence-electron chi connectivity index (χ3n) is 7.07. The molecule has 8 nitrogen and oxygen atoms in total. The number of pyridine rings is 1. The number of H-pyrrole nitrogens is 1. The van der Waals surface area contributed by atoms with Gasteiger partial charge in [-0.2, -0.15) is 4.39 Å². The van der Waals surface area contributed by atoms with Crippen molar-refractivity contribution >= 4 is 28.3 Å². The van der Waals surface area contributed by atoms with Gasteiger partial charge in [0.25, 0.3) is 0 Å². The van der Waals surface area contributed by atoms with Crippen molar-refractivity contribution in [1.29, 1.82) is 0 Å². The third kappa shape index (κ3) is 2.78. The highest BCUT2D eigenvalue weighted by Crippen LogP contribution is 2.46. The van der Waals surface area contributed by atoms with Crippen molar-refractivity contribution < 1.29 is 18.7 Å². The number of nitrogens with one attached hydrogen (secondary N) is 2. The molecule has 3 N–H and O–H groups in total. The van der Waals surface area contributed by atoms with E-state index in [1.165, 1.54) is 23.0 Å². The average Bonchev–Trinajstić information content (AvgIpc) is 3.44. The molecular weight excluding hydrogens is 418 g/mol. The zero-order valence-corrected chi connectivity index (χ0v) is 16.9. The Labute approximate surface area is 180 Å². The van der Waals surface area contributed by atoms with Crippen LogP contribution >= 0.6 is 0 Å². The topological polar surface area (TPSA) is 108 Å². The molecule has 3 aliphatic rings. The first kappa shape index (κ1) is 19.1. The molecular formula is C22H20F2N6O2.